The van der Waals surface area contributed by atoms with E-state index in [0.29, 0.717) is 32.0 Å². The van der Waals surface area contributed by atoms with Crippen molar-refractivity contribution in [3.8, 4) is 0 Å². The van der Waals surface area contributed by atoms with Gasteiger partial charge in [-0.15, -0.1) is 0 Å². The molecule has 0 spiro atoms. The number of hydrogen-bond donors (Lipinski definition) is 0. The minimum atomic E-state index is 0.353. The molecule has 0 bridgehead atoms. The maximum Gasteiger partial charge on any atom is 0.135 e. The lowest BCUT2D eigenvalue weighted by atomic mass is 9.80. The van der Waals surface area contributed by atoms with Gasteiger partial charge in [0.1, 0.15) is 5.78 Å². The third kappa shape index (κ3) is 7.12. The van der Waals surface area contributed by atoms with Crippen molar-refractivity contribution in [2.75, 3.05) is 26.9 Å². The van der Waals surface area contributed by atoms with Gasteiger partial charge in [-0.1, -0.05) is 32.6 Å². The molecule has 0 aromatic rings. The van der Waals surface area contributed by atoms with Gasteiger partial charge in [-0.3, -0.25) is 4.79 Å². The van der Waals surface area contributed by atoms with E-state index in [1.165, 1.54) is 25.7 Å². The normalized spacial score (nSPS) is 24.1. The molecule has 1 saturated carbocycles. The van der Waals surface area contributed by atoms with Gasteiger partial charge in [0, 0.05) is 20.0 Å². The molecule has 0 radical (unpaired) electrons. The highest BCUT2D eigenvalue weighted by atomic mass is 16.5. The molecule has 1 aliphatic carbocycles. The van der Waals surface area contributed by atoms with E-state index in [-0.39, 0.29) is 0 Å². The van der Waals surface area contributed by atoms with Crippen LogP contribution in [0.2, 0.25) is 0 Å². The Morgan fingerprint density at radius 2 is 1.78 bits per heavy atom. The van der Waals surface area contributed by atoms with Crippen LogP contribution in [-0.2, 0) is 14.3 Å². The molecule has 0 unspecified atom stereocenters. The molecule has 0 aromatic heterocycles. The Morgan fingerprint density at radius 1 is 1.06 bits per heavy atom. The van der Waals surface area contributed by atoms with Crippen LogP contribution < -0.4 is 0 Å². The highest BCUT2D eigenvalue weighted by Gasteiger charge is 2.18. The van der Waals surface area contributed by atoms with Crippen LogP contribution in [0.25, 0.3) is 0 Å². The van der Waals surface area contributed by atoms with Gasteiger partial charge < -0.3 is 9.47 Å². The van der Waals surface area contributed by atoms with Gasteiger partial charge >= 0.3 is 0 Å². The van der Waals surface area contributed by atoms with Crippen molar-refractivity contribution < 1.29 is 14.3 Å². The molecule has 0 aliphatic heterocycles. The maximum absolute atomic E-state index is 11.7. The van der Waals surface area contributed by atoms with Crippen molar-refractivity contribution in [1.82, 2.24) is 0 Å². The first-order chi connectivity index (χ1) is 8.72. The molecule has 3 heteroatoms. The van der Waals surface area contributed by atoms with Crippen LogP contribution >= 0.6 is 0 Å². The fourth-order valence-corrected chi connectivity index (χ4v) is 2.54. The topological polar surface area (TPSA) is 35.5 Å². The van der Waals surface area contributed by atoms with E-state index in [1.54, 1.807) is 7.11 Å². The maximum atomic E-state index is 11.7. The third-order valence-electron chi connectivity index (χ3n) is 3.92. The second kappa shape index (κ2) is 9.51. The molecular formula is C15H28O3. The highest BCUT2D eigenvalue weighted by molar-refractivity contribution is 5.78. The zero-order valence-corrected chi connectivity index (χ0v) is 12.0. The van der Waals surface area contributed by atoms with Gasteiger partial charge in [0.25, 0.3) is 0 Å². The average molecular weight is 256 g/mol. The molecule has 0 atom stereocenters. The van der Waals surface area contributed by atoms with Crippen LogP contribution in [0.1, 0.15) is 51.9 Å². The summed E-state index contributed by atoms with van der Waals surface area (Å²) in [6.45, 7) is 4.07. The predicted molar refractivity (Wildman–Crippen MR) is 72.7 cm³/mol. The number of ether oxygens (including phenoxy) is 2. The number of ketones is 1. The summed E-state index contributed by atoms with van der Waals surface area (Å²) in [4.78, 5) is 11.7. The molecular weight excluding hydrogens is 228 g/mol. The van der Waals surface area contributed by atoms with E-state index in [1.807, 2.05) is 0 Å². The SMILES string of the molecule is COCCOCCC(=O)CCC1CCC(C)CC1. The van der Waals surface area contributed by atoms with Crippen molar-refractivity contribution in [3.63, 3.8) is 0 Å². The number of methoxy groups -OCH3 is 1. The van der Waals surface area contributed by atoms with Gasteiger partial charge in [-0.2, -0.15) is 0 Å². The lowest BCUT2D eigenvalue weighted by Crippen LogP contribution is -2.14. The van der Waals surface area contributed by atoms with E-state index in [0.717, 1.165) is 24.7 Å². The quantitative estimate of drug-likeness (QED) is 0.594. The number of rotatable bonds is 9. The summed E-state index contributed by atoms with van der Waals surface area (Å²) in [5.74, 6) is 2.04. The lowest BCUT2D eigenvalue weighted by molar-refractivity contribution is -0.120. The van der Waals surface area contributed by atoms with Crippen LogP contribution in [0.4, 0.5) is 0 Å². The molecule has 0 amide bonds. The smallest absolute Gasteiger partial charge is 0.135 e. The second-order valence-electron chi connectivity index (χ2n) is 5.56. The van der Waals surface area contributed by atoms with E-state index >= 15 is 0 Å². The van der Waals surface area contributed by atoms with Crippen molar-refractivity contribution in [2.24, 2.45) is 11.8 Å². The predicted octanol–water partition coefficient (Wildman–Crippen LogP) is 3.22. The Bertz CT molecular complexity index is 220. The van der Waals surface area contributed by atoms with Gasteiger partial charge in [0.05, 0.1) is 19.8 Å². The van der Waals surface area contributed by atoms with E-state index in [9.17, 15) is 4.79 Å². The monoisotopic (exact) mass is 256 g/mol. The van der Waals surface area contributed by atoms with E-state index < -0.39 is 0 Å². The summed E-state index contributed by atoms with van der Waals surface area (Å²) >= 11 is 0. The van der Waals surface area contributed by atoms with Crippen LogP contribution in [-0.4, -0.2) is 32.7 Å². The Morgan fingerprint density at radius 3 is 2.44 bits per heavy atom. The summed E-state index contributed by atoms with van der Waals surface area (Å²) < 4.78 is 10.2. The van der Waals surface area contributed by atoms with Crippen LogP contribution in [0.5, 0.6) is 0 Å². The van der Waals surface area contributed by atoms with E-state index in [4.69, 9.17) is 9.47 Å². The summed E-state index contributed by atoms with van der Waals surface area (Å²) in [6.07, 6.45) is 7.72. The first-order valence-electron chi connectivity index (χ1n) is 7.30. The zero-order chi connectivity index (χ0) is 13.2. The fraction of sp³-hybridized carbons (Fsp3) is 0.933. The minimum Gasteiger partial charge on any atom is -0.382 e. The fourth-order valence-electron chi connectivity index (χ4n) is 2.54. The largest absolute Gasteiger partial charge is 0.382 e. The van der Waals surface area contributed by atoms with Crippen molar-refractivity contribution in [2.45, 2.75) is 51.9 Å². The van der Waals surface area contributed by atoms with Crippen LogP contribution in [0, 0.1) is 11.8 Å². The van der Waals surface area contributed by atoms with Gasteiger partial charge in [0.15, 0.2) is 0 Å². The molecule has 18 heavy (non-hydrogen) atoms. The Hall–Kier alpha value is -0.410. The molecule has 0 saturated heterocycles. The summed E-state index contributed by atoms with van der Waals surface area (Å²) in [5, 5.41) is 0. The highest BCUT2D eigenvalue weighted by Crippen LogP contribution is 2.31. The lowest BCUT2D eigenvalue weighted by Gasteiger charge is -2.25. The third-order valence-corrected chi connectivity index (χ3v) is 3.92. The van der Waals surface area contributed by atoms with E-state index in [2.05, 4.69) is 6.92 Å². The minimum absolute atomic E-state index is 0.353. The Balaban J connectivity index is 1.96. The van der Waals surface area contributed by atoms with Crippen LogP contribution in [0.15, 0.2) is 0 Å². The number of carbonyl (C=O) groups is 1. The van der Waals surface area contributed by atoms with Crippen molar-refractivity contribution in [1.29, 1.82) is 0 Å². The number of Topliss-reactive ketones (excluding diaryl/α,β-unsaturated/α-hetero) is 1. The van der Waals surface area contributed by atoms with Crippen LogP contribution in [0.3, 0.4) is 0 Å². The standard InChI is InChI=1S/C15H28O3/c1-13-3-5-14(6-4-13)7-8-15(16)9-10-18-12-11-17-2/h13-14H,3-12H2,1-2H3. The second-order valence-corrected chi connectivity index (χ2v) is 5.56. The zero-order valence-electron chi connectivity index (χ0n) is 12.0. The molecule has 0 heterocycles. The van der Waals surface area contributed by atoms with Gasteiger partial charge in [0.2, 0.25) is 0 Å². The summed E-state index contributed by atoms with van der Waals surface area (Å²) in [5.41, 5.74) is 0. The molecule has 106 valence electrons. The summed E-state index contributed by atoms with van der Waals surface area (Å²) in [6, 6.07) is 0. The van der Waals surface area contributed by atoms with Crippen molar-refractivity contribution in [3.05, 3.63) is 0 Å². The van der Waals surface area contributed by atoms with Crippen molar-refractivity contribution >= 4 is 5.78 Å². The molecule has 1 fully saturated rings. The molecule has 1 rings (SSSR count). The average Bonchev–Trinajstić information content (AvgIpc) is 2.38. The molecule has 3 nitrogen and oxygen atoms in total. The number of hydrogen-bond acceptors (Lipinski definition) is 3. The van der Waals surface area contributed by atoms with Gasteiger partial charge in [-0.05, 0) is 18.3 Å². The van der Waals surface area contributed by atoms with Gasteiger partial charge in [-0.25, -0.2) is 0 Å². The molecule has 0 aromatic carbocycles. The Labute approximate surface area is 111 Å². The summed E-state index contributed by atoms with van der Waals surface area (Å²) in [7, 11) is 1.65. The number of carbonyl (C=O) groups excluding carboxylic acids is 1. The molecule has 1 aliphatic rings. The Kier molecular flexibility index (Phi) is 8.27. The molecule has 0 N–H and O–H groups in total. The first-order valence-corrected chi connectivity index (χ1v) is 7.30. The first kappa shape index (κ1) is 15.6.